The van der Waals surface area contributed by atoms with E-state index in [2.05, 4.69) is 20.8 Å². The van der Waals surface area contributed by atoms with Gasteiger partial charge in [-0.3, -0.25) is 0 Å². The summed E-state index contributed by atoms with van der Waals surface area (Å²) in [7, 11) is 1.09. The predicted molar refractivity (Wildman–Crippen MR) is 250 cm³/mol. The van der Waals surface area contributed by atoms with Crippen molar-refractivity contribution >= 4 is 8.80 Å². The fourth-order valence-electron chi connectivity index (χ4n) is 8.63. The molecule has 0 aromatic rings. The van der Waals surface area contributed by atoms with Crippen molar-refractivity contribution in [2.75, 3.05) is 14.2 Å². The molecule has 0 bridgehead atoms. The Hall–Kier alpha value is 0.0969. The molecular weight excluding hydrogens is 689 g/mol. The maximum Gasteiger partial charge on any atom is 0.500 e. The molecule has 0 aliphatic carbocycles. The molecule has 0 atom stereocenters. The van der Waals surface area contributed by atoms with Crippen molar-refractivity contribution in [2.45, 2.75) is 315 Å². The highest BCUT2D eigenvalue weighted by molar-refractivity contribution is 6.60. The summed E-state index contributed by atoms with van der Waals surface area (Å²) in [6.45, 7) is 6.93. The van der Waals surface area contributed by atoms with Crippen molar-refractivity contribution in [2.24, 2.45) is 0 Å². The molecule has 0 saturated carbocycles. The van der Waals surface area contributed by atoms with Crippen LogP contribution in [0.25, 0.3) is 0 Å². The second kappa shape index (κ2) is 46.8. The Balaban J connectivity index is 4.43. The van der Waals surface area contributed by atoms with E-state index in [1.165, 1.54) is 283 Å². The van der Waals surface area contributed by atoms with Gasteiger partial charge in [-0.15, -0.1) is 0 Å². The first-order valence-electron chi connectivity index (χ1n) is 26.0. The Morgan fingerprint density at radius 3 is 0.691 bits per heavy atom. The highest BCUT2D eigenvalue weighted by Crippen LogP contribution is 2.26. The molecule has 0 saturated heterocycles. The van der Waals surface area contributed by atoms with E-state index in [4.69, 9.17) is 13.3 Å². The Bertz CT molecular complexity index is 651. The minimum absolute atomic E-state index is 0.299. The standard InChI is InChI=1S/C51H106O3Si/c1-6-9-12-15-18-21-24-27-30-33-36-39-42-45-48-51(49-46-43-40-37-34-31-28-25-22-19-16-13-10-7-2)54-55(52-4,53-5)50-47-44-41-38-35-32-29-26-23-20-17-14-11-8-3/h51H,6-50H2,1-5H3. The molecule has 0 heterocycles. The lowest BCUT2D eigenvalue weighted by Gasteiger charge is -2.31. The van der Waals surface area contributed by atoms with Crippen LogP contribution in [0.1, 0.15) is 303 Å². The van der Waals surface area contributed by atoms with E-state index in [0.29, 0.717) is 6.10 Å². The van der Waals surface area contributed by atoms with E-state index >= 15 is 0 Å². The smallest absolute Gasteiger partial charge is 0.377 e. The third-order valence-corrected chi connectivity index (χ3v) is 15.5. The Kier molecular flexibility index (Phi) is 46.9. The van der Waals surface area contributed by atoms with Crippen LogP contribution < -0.4 is 0 Å². The van der Waals surface area contributed by atoms with Crippen LogP contribution in [-0.2, 0) is 13.3 Å². The lowest BCUT2D eigenvalue weighted by Crippen LogP contribution is -2.46. The van der Waals surface area contributed by atoms with Gasteiger partial charge in [-0.1, -0.05) is 284 Å². The molecular formula is C51H106O3Si. The van der Waals surface area contributed by atoms with Gasteiger partial charge in [0.15, 0.2) is 0 Å². The van der Waals surface area contributed by atoms with Crippen LogP contribution in [0, 0.1) is 0 Å². The molecule has 0 unspecified atom stereocenters. The lowest BCUT2D eigenvalue weighted by molar-refractivity contribution is 0.0442. The van der Waals surface area contributed by atoms with Crippen LogP contribution in [0.2, 0.25) is 6.04 Å². The normalized spacial score (nSPS) is 12.1. The van der Waals surface area contributed by atoms with Crippen molar-refractivity contribution in [1.29, 1.82) is 0 Å². The lowest BCUT2D eigenvalue weighted by atomic mass is 10.0. The first-order valence-corrected chi connectivity index (χ1v) is 27.9. The molecule has 0 amide bonds. The molecule has 0 rings (SSSR count). The molecule has 0 radical (unpaired) electrons. The zero-order valence-electron chi connectivity index (χ0n) is 39.1. The number of unbranched alkanes of at least 4 members (excludes halogenated alkanes) is 39. The van der Waals surface area contributed by atoms with E-state index in [1.54, 1.807) is 0 Å². The van der Waals surface area contributed by atoms with Gasteiger partial charge in [-0.05, 0) is 19.3 Å². The molecule has 55 heavy (non-hydrogen) atoms. The van der Waals surface area contributed by atoms with Gasteiger partial charge in [0.05, 0.1) is 0 Å². The van der Waals surface area contributed by atoms with Crippen molar-refractivity contribution in [3.05, 3.63) is 0 Å². The van der Waals surface area contributed by atoms with E-state index in [1.807, 2.05) is 14.2 Å². The molecule has 3 nitrogen and oxygen atoms in total. The first-order chi connectivity index (χ1) is 27.2. The van der Waals surface area contributed by atoms with E-state index in [0.717, 1.165) is 6.04 Å². The number of hydrogen-bond acceptors (Lipinski definition) is 3. The van der Waals surface area contributed by atoms with E-state index in [-0.39, 0.29) is 0 Å². The van der Waals surface area contributed by atoms with Crippen LogP contribution in [0.4, 0.5) is 0 Å². The van der Waals surface area contributed by atoms with Crippen LogP contribution >= 0.6 is 0 Å². The van der Waals surface area contributed by atoms with Gasteiger partial charge < -0.3 is 13.3 Å². The van der Waals surface area contributed by atoms with Crippen LogP contribution in [0.15, 0.2) is 0 Å². The van der Waals surface area contributed by atoms with Gasteiger partial charge in [0, 0.05) is 26.4 Å². The summed E-state index contributed by atoms with van der Waals surface area (Å²) >= 11 is 0. The second-order valence-electron chi connectivity index (χ2n) is 17.9. The molecule has 0 aliphatic rings. The minimum Gasteiger partial charge on any atom is -0.377 e. The average molecular weight is 795 g/mol. The SMILES string of the molecule is CCCCCCCCCCCCCCCCC(CCCCCCCCCCCCCCCC)O[Si](CCCCCCCCCCCCCCCC)(OC)OC. The summed E-state index contributed by atoms with van der Waals surface area (Å²) in [5.41, 5.74) is 0. The summed E-state index contributed by atoms with van der Waals surface area (Å²) in [6.07, 6.45) is 61.7. The number of rotatable bonds is 49. The quantitative estimate of drug-likeness (QED) is 0.0453. The van der Waals surface area contributed by atoms with Gasteiger partial charge in [0.1, 0.15) is 0 Å². The Morgan fingerprint density at radius 2 is 0.473 bits per heavy atom. The largest absolute Gasteiger partial charge is 0.500 e. The van der Waals surface area contributed by atoms with Gasteiger partial charge in [-0.25, -0.2) is 0 Å². The summed E-state index contributed by atoms with van der Waals surface area (Å²) in [4.78, 5) is 0. The van der Waals surface area contributed by atoms with E-state index in [9.17, 15) is 0 Å². The Morgan fingerprint density at radius 1 is 0.273 bits per heavy atom. The fourth-order valence-corrected chi connectivity index (χ4v) is 10.9. The third kappa shape index (κ3) is 40.7. The third-order valence-electron chi connectivity index (χ3n) is 12.6. The summed E-state index contributed by atoms with van der Waals surface area (Å²) < 4.78 is 19.3. The highest BCUT2D eigenvalue weighted by atomic mass is 28.4. The van der Waals surface area contributed by atoms with Crippen molar-refractivity contribution in [3.8, 4) is 0 Å². The van der Waals surface area contributed by atoms with Gasteiger partial charge >= 0.3 is 8.80 Å². The summed E-state index contributed by atoms with van der Waals surface area (Å²) in [5, 5.41) is 0. The van der Waals surface area contributed by atoms with Crippen LogP contribution in [0.3, 0.4) is 0 Å². The van der Waals surface area contributed by atoms with Crippen molar-refractivity contribution in [1.82, 2.24) is 0 Å². The predicted octanol–water partition coefficient (Wildman–Crippen LogP) is 18.8. The summed E-state index contributed by atoms with van der Waals surface area (Å²) in [5.74, 6) is 0. The monoisotopic (exact) mass is 795 g/mol. The molecule has 332 valence electrons. The van der Waals surface area contributed by atoms with Crippen LogP contribution in [-0.4, -0.2) is 29.1 Å². The molecule has 0 aliphatic heterocycles. The summed E-state index contributed by atoms with van der Waals surface area (Å²) in [6, 6.07) is 0.978. The topological polar surface area (TPSA) is 27.7 Å². The van der Waals surface area contributed by atoms with E-state index < -0.39 is 8.80 Å². The van der Waals surface area contributed by atoms with Crippen LogP contribution in [0.5, 0.6) is 0 Å². The zero-order valence-corrected chi connectivity index (χ0v) is 40.1. The van der Waals surface area contributed by atoms with Gasteiger partial charge in [0.2, 0.25) is 0 Å². The molecule has 0 fully saturated rings. The zero-order chi connectivity index (χ0) is 40.0. The minimum atomic E-state index is -2.62. The van der Waals surface area contributed by atoms with Gasteiger partial charge in [0.25, 0.3) is 0 Å². The molecule has 0 N–H and O–H groups in total. The Labute approximate surface area is 350 Å². The maximum atomic E-state index is 6.97. The molecule has 4 heteroatoms. The maximum absolute atomic E-state index is 6.97. The van der Waals surface area contributed by atoms with Crippen molar-refractivity contribution in [3.63, 3.8) is 0 Å². The highest BCUT2D eigenvalue weighted by Gasteiger charge is 2.40. The molecule has 0 aromatic carbocycles. The van der Waals surface area contributed by atoms with Gasteiger partial charge in [-0.2, -0.15) is 0 Å². The van der Waals surface area contributed by atoms with Crippen molar-refractivity contribution < 1.29 is 13.3 Å². The number of hydrogen-bond donors (Lipinski definition) is 0. The fraction of sp³-hybridized carbons (Fsp3) is 1.00. The first kappa shape index (κ1) is 55.1. The second-order valence-corrected chi connectivity index (χ2v) is 20.9. The average Bonchev–Trinajstić information content (AvgIpc) is 3.20. The molecule has 0 aromatic heterocycles. The molecule has 0 spiro atoms.